The average molecular weight is 234 g/mol. The number of hydrogen-bond donors (Lipinski definition) is 0. The van der Waals surface area contributed by atoms with Crippen molar-refractivity contribution in [2.45, 2.75) is 0 Å². The third kappa shape index (κ3) is 2.89. The lowest BCUT2D eigenvalue weighted by Crippen LogP contribution is -1.93. The molecule has 18 heavy (non-hydrogen) atoms. The lowest BCUT2D eigenvalue weighted by molar-refractivity contribution is 0.104. The van der Waals surface area contributed by atoms with Crippen molar-refractivity contribution < 1.29 is 4.79 Å². The number of pyridine rings is 1. The smallest absolute Gasteiger partial charge is 0.185 e. The molecule has 0 amide bonds. The van der Waals surface area contributed by atoms with Crippen LogP contribution < -0.4 is 0 Å². The summed E-state index contributed by atoms with van der Waals surface area (Å²) in [5.41, 5.74) is 1.98. The van der Waals surface area contributed by atoms with Crippen LogP contribution in [0.4, 0.5) is 0 Å². The highest BCUT2D eigenvalue weighted by Gasteiger charge is 2.01. The van der Waals surface area contributed by atoms with Gasteiger partial charge in [0.15, 0.2) is 5.78 Å². The third-order valence-electron chi connectivity index (χ3n) is 2.41. The summed E-state index contributed by atoms with van der Waals surface area (Å²) in [5.74, 6) is -0.0941. The predicted octanol–water partition coefficient (Wildman–Crippen LogP) is 2.85. The molecule has 0 saturated heterocycles. The van der Waals surface area contributed by atoms with Gasteiger partial charge in [-0.2, -0.15) is 5.26 Å². The zero-order valence-electron chi connectivity index (χ0n) is 9.58. The van der Waals surface area contributed by atoms with Crippen molar-refractivity contribution >= 4 is 11.9 Å². The first-order valence-electron chi connectivity index (χ1n) is 5.42. The highest BCUT2D eigenvalue weighted by Crippen LogP contribution is 2.06. The van der Waals surface area contributed by atoms with Gasteiger partial charge in [0.05, 0.1) is 11.6 Å². The molecule has 0 fully saturated rings. The minimum Gasteiger partial charge on any atom is -0.289 e. The summed E-state index contributed by atoms with van der Waals surface area (Å²) in [7, 11) is 0. The van der Waals surface area contributed by atoms with E-state index in [9.17, 15) is 4.79 Å². The second-order valence-corrected chi connectivity index (χ2v) is 3.67. The number of carbonyl (C=O) groups is 1. The van der Waals surface area contributed by atoms with E-state index in [-0.39, 0.29) is 5.78 Å². The molecule has 0 bridgehead atoms. The molecule has 0 N–H and O–H groups in total. The van der Waals surface area contributed by atoms with E-state index in [1.165, 1.54) is 6.08 Å². The first-order valence-corrected chi connectivity index (χ1v) is 5.42. The Morgan fingerprint density at radius 1 is 1.22 bits per heavy atom. The molecule has 2 rings (SSSR count). The van der Waals surface area contributed by atoms with Gasteiger partial charge >= 0.3 is 0 Å². The van der Waals surface area contributed by atoms with E-state index in [1.807, 2.05) is 18.2 Å². The fraction of sp³-hybridized carbons (Fsp3) is 0. The lowest BCUT2D eigenvalue weighted by Gasteiger charge is -1.95. The molecule has 86 valence electrons. The van der Waals surface area contributed by atoms with E-state index in [4.69, 9.17) is 5.26 Å². The number of ketones is 1. The Morgan fingerprint density at radius 2 is 2.00 bits per heavy atom. The topological polar surface area (TPSA) is 53.8 Å². The molecule has 0 radical (unpaired) electrons. The van der Waals surface area contributed by atoms with Gasteiger partial charge in [-0.05, 0) is 48.0 Å². The van der Waals surface area contributed by atoms with Gasteiger partial charge in [0.2, 0.25) is 0 Å². The molecule has 0 saturated carbocycles. The largest absolute Gasteiger partial charge is 0.289 e. The maximum atomic E-state index is 11.8. The van der Waals surface area contributed by atoms with E-state index in [0.717, 1.165) is 5.56 Å². The molecule has 0 aliphatic rings. The van der Waals surface area contributed by atoms with Gasteiger partial charge in [-0.25, -0.2) is 0 Å². The van der Waals surface area contributed by atoms with E-state index >= 15 is 0 Å². The molecule has 3 heteroatoms. The van der Waals surface area contributed by atoms with Crippen LogP contribution in [0, 0.1) is 11.3 Å². The molecule has 1 heterocycles. The maximum Gasteiger partial charge on any atom is 0.185 e. The van der Waals surface area contributed by atoms with Crippen LogP contribution in [-0.2, 0) is 0 Å². The number of aromatic nitrogens is 1. The molecule has 3 nitrogen and oxygen atoms in total. The molecule has 2 aromatic rings. The lowest BCUT2D eigenvalue weighted by atomic mass is 10.1. The van der Waals surface area contributed by atoms with E-state index in [0.29, 0.717) is 11.1 Å². The monoisotopic (exact) mass is 234 g/mol. The first kappa shape index (κ1) is 11.7. The Bertz CT molecular complexity index is 607. The van der Waals surface area contributed by atoms with Crippen LogP contribution in [0.2, 0.25) is 0 Å². The van der Waals surface area contributed by atoms with Gasteiger partial charge in [0.25, 0.3) is 0 Å². The van der Waals surface area contributed by atoms with Gasteiger partial charge < -0.3 is 0 Å². The predicted molar refractivity (Wildman–Crippen MR) is 68.8 cm³/mol. The van der Waals surface area contributed by atoms with Crippen molar-refractivity contribution in [2.24, 2.45) is 0 Å². The van der Waals surface area contributed by atoms with E-state index < -0.39 is 0 Å². The van der Waals surface area contributed by atoms with Crippen LogP contribution in [0.1, 0.15) is 21.5 Å². The van der Waals surface area contributed by atoms with Crippen molar-refractivity contribution in [3.05, 3.63) is 71.6 Å². The summed E-state index contributed by atoms with van der Waals surface area (Å²) >= 11 is 0. The van der Waals surface area contributed by atoms with Gasteiger partial charge in [0, 0.05) is 18.0 Å². The average Bonchev–Trinajstić information content (AvgIpc) is 2.46. The van der Waals surface area contributed by atoms with Crippen LogP contribution in [0.3, 0.4) is 0 Å². The van der Waals surface area contributed by atoms with Crippen LogP contribution in [-0.4, -0.2) is 10.8 Å². The number of nitriles is 1. The summed E-state index contributed by atoms with van der Waals surface area (Å²) < 4.78 is 0. The fourth-order valence-electron chi connectivity index (χ4n) is 1.45. The van der Waals surface area contributed by atoms with Crippen LogP contribution >= 0.6 is 0 Å². The van der Waals surface area contributed by atoms with Crippen molar-refractivity contribution in [3.63, 3.8) is 0 Å². The van der Waals surface area contributed by atoms with Crippen LogP contribution in [0.15, 0.2) is 54.9 Å². The fourth-order valence-corrected chi connectivity index (χ4v) is 1.45. The minimum absolute atomic E-state index is 0.0941. The normalized spacial score (nSPS) is 10.2. The number of rotatable bonds is 3. The standard InChI is InChI=1S/C15H10N2O/c16-10-12-3-6-14(7-4-12)15(18)8-5-13-2-1-9-17-11-13/h1-9,11H. The Balaban J connectivity index is 2.12. The molecule has 0 aliphatic carbocycles. The molecule has 0 atom stereocenters. The summed E-state index contributed by atoms with van der Waals surface area (Å²) in [4.78, 5) is 15.8. The van der Waals surface area contributed by atoms with Gasteiger partial charge in [0.1, 0.15) is 0 Å². The van der Waals surface area contributed by atoms with E-state index in [1.54, 1.807) is 42.7 Å². The Morgan fingerprint density at radius 3 is 2.61 bits per heavy atom. The third-order valence-corrected chi connectivity index (χ3v) is 2.41. The molecule has 0 aliphatic heterocycles. The molecular weight excluding hydrogens is 224 g/mol. The molecule has 0 unspecified atom stereocenters. The number of nitrogens with zero attached hydrogens (tertiary/aromatic N) is 2. The zero-order valence-corrected chi connectivity index (χ0v) is 9.58. The molecule has 1 aromatic carbocycles. The molecule has 1 aromatic heterocycles. The van der Waals surface area contributed by atoms with Crippen molar-refractivity contribution in [1.29, 1.82) is 5.26 Å². The zero-order chi connectivity index (χ0) is 12.8. The summed E-state index contributed by atoms with van der Waals surface area (Å²) in [5, 5.41) is 8.66. The highest BCUT2D eigenvalue weighted by molar-refractivity contribution is 6.06. The maximum absolute atomic E-state index is 11.8. The van der Waals surface area contributed by atoms with Gasteiger partial charge in [-0.15, -0.1) is 0 Å². The van der Waals surface area contributed by atoms with Crippen LogP contribution in [0.25, 0.3) is 6.08 Å². The summed E-state index contributed by atoms with van der Waals surface area (Å²) in [6.07, 6.45) is 6.58. The Kier molecular flexibility index (Phi) is 3.62. The number of hydrogen-bond acceptors (Lipinski definition) is 3. The van der Waals surface area contributed by atoms with Crippen LogP contribution in [0.5, 0.6) is 0 Å². The Labute approximate surface area is 105 Å². The summed E-state index contributed by atoms with van der Waals surface area (Å²) in [6, 6.07) is 12.3. The van der Waals surface area contributed by atoms with Crippen molar-refractivity contribution in [1.82, 2.24) is 4.98 Å². The second kappa shape index (κ2) is 5.55. The number of carbonyl (C=O) groups excluding carboxylic acids is 1. The second-order valence-electron chi connectivity index (χ2n) is 3.67. The molecule has 0 spiro atoms. The van der Waals surface area contributed by atoms with Gasteiger partial charge in [-0.1, -0.05) is 6.07 Å². The van der Waals surface area contributed by atoms with Gasteiger partial charge in [-0.3, -0.25) is 9.78 Å². The SMILES string of the molecule is N#Cc1ccc(C(=O)C=Cc2cccnc2)cc1. The number of benzene rings is 1. The Hall–Kier alpha value is -2.73. The molecular formula is C15H10N2O. The quantitative estimate of drug-likeness (QED) is 0.606. The van der Waals surface area contributed by atoms with Crippen molar-refractivity contribution in [3.8, 4) is 6.07 Å². The van der Waals surface area contributed by atoms with Crippen molar-refractivity contribution in [2.75, 3.05) is 0 Å². The van der Waals surface area contributed by atoms with E-state index in [2.05, 4.69) is 4.98 Å². The number of allylic oxidation sites excluding steroid dienone is 1. The first-order chi connectivity index (χ1) is 8.79. The highest BCUT2D eigenvalue weighted by atomic mass is 16.1. The minimum atomic E-state index is -0.0941. The summed E-state index contributed by atoms with van der Waals surface area (Å²) in [6.45, 7) is 0.